The van der Waals surface area contributed by atoms with E-state index in [0.29, 0.717) is 12.6 Å². The van der Waals surface area contributed by atoms with Crippen LogP contribution in [0.4, 0.5) is 5.95 Å². The molecule has 0 bridgehead atoms. The molecule has 2 aliphatic heterocycles. The van der Waals surface area contributed by atoms with Crippen molar-refractivity contribution < 1.29 is 9.31 Å². The van der Waals surface area contributed by atoms with Gasteiger partial charge in [-0.25, -0.2) is 9.97 Å². The maximum atomic E-state index is 6.06. The zero-order valence-electron chi connectivity index (χ0n) is 15.8. The lowest BCUT2D eigenvalue weighted by Gasteiger charge is -2.33. The summed E-state index contributed by atoms with van der Waals surface area (Å²) in [4.78, 5) is 11.3. The van der Waals surface area contributed by atoms with Gasteiger partial charge in [-0.1, -0.05) is 0 Å². The lowest BCUT2D eigenvalue weighted by molar-refractivity contribution is 0.00578. The summed E-state index contributed by atoms with van der Waals surface area (Å²) in [5, 5.41) is 3.48. The van der Waals surface area contributed by atoms with E-state index in [-0.39, 0.29) is 11.2 Å². The van der Waals surface area contributed by atoms with Crippen molar-refractivity contribution in [2.24, 2.45) is 5.73 Å². The number of rotatable bonds is 5. The van der Waals surface area contributed by atoms with Crippen molar-refractivity contribution in [3.05, 3.63) is 12.4 Å². The van der Waals surface area contributed by atoms with E-state index in [4.69, 9.17) is 15.0 Å². The van der Waals surface area contributed by atoms with Gasteiger partial charge >= 0.3 is 7.12 Å². The van der Waals surface area contributed by atoms with Crippen molar-refractivity contribution in [1.82, 2.24) is 15.3 Å². The van der Waals surface area contributed by atoms with Gasteiger partial charge in [0, 0.05) is 50.1 Å². The molecule has 0 aromatic carbocycles. The maximum Gasteiger partial charge on any atom is 0.498 e. The molecule has 8 heteroatoms. The number of hydrogen-bond donors (Lipinski definition) is 2. The second-order valence-corrected chi connectivity index (χ2v) is 7.93. The van der Waals surface area contributed by atoms with Crippen molar-refractivity contribution >= 4 is 18.5 Å². The molecule has 7 nitrogen and oxygen atoms in total. The highest BCUT2D eigenvalue weighted by Crippen LogP contribution is 2.36. The summed E-state index contributed by atoms with van der Waals surface area (Å²) >= 11 is 0. The first-order valence-corrected chi connectivity index (χ1v) is 9.18. The summed E-state index contributed by atoms with van der Waals surface area (Å²) in [6.45, 7) is 11.6. The molecule has 0 spiro atoms. The molecule has 0 aliphatic carbocycles. The lowest BCUT2D eigenvalue weighted by atomic mass is 9.81. The minimum Gasteiger partial charge on any atom is -0.399 e. The average molecular weight is 347 g/mol. The SMILES string of the molecule is CC1(C)OB(c2cnc(N3CCCC(NCCN)C3)nc2)OC1(C)C. The molecular weight excluding hydrogens is 317 g/mol. The van der Waals surface area contributed by atoms with Crippen LogP contribution in [0.1, 0.15) is 40.5 Å². The Kier molecular flexibility index (Phi) is 5.34. The fourth-order valence-corrected chi connectivity index (χ4v) is 3.21. The second kappa shape index (κ2) is 7.19. The van der Waals surface area contributed by atoms with Gasteiger partial charge in [0.25, 0.3) is 0 Å². The number of nitrogens with two attached hydrogens (primary N) is 1. The van der Waals surface area contributed by atoms with Crippen molar-refractivity contribution in [2.45, 2.75) is 57.8 Å². The van der Waals surface area contributed by atoms with E-state index in [0.717, 1.165) is 37.5 Å². The summed E-state index contributed by atoms with van der Waals surface area (Å²) in [5.74, 6) is 0.763. The van der Waals surface area contributed by atoms with E-state index in [9.17, 15) is 0 Å². The Morgan fingerprint density at radius 1 is 1.24 bits per heavy atom. The topological polar surface area (TPSA) is 85.5 Å². The van der Waals surface area contributed by atoms with E-state index in [2.05, 4.69) is 20.2 Å². The van der Waals surface area contributed by atoms with Gasteiger partial charge < -0.3 is 25.3 Å². The summed E-state index contributed by atoms with van der Waals surface area (Å²) < 4.78 is 12.1. The summed E-state index contributed by atoms with van der Waals surface area (Å²) in [6, 6.07) is 0.448. The van der Waals surface area contributed by atoms with Crippen LogP contribution in [0, 0.1) is 0 Å². The first kappa shape index (κ1) is 18.6. The largest absolute Gasteiger partial charge is 0.498 e. The molecule has 25 heavy (non-hydrogen) atoms. The molecule has 1 aromatic heterocycles. The van der Waals surface area contributed by atoms with Crippen LogP contribution in [0.3, 0.4) is 0 Å². The Hall–Kier alpha value is -1.22. The normalized spacial score (nSPS) is 25.4. The van der Waals surface area contributed by atoms with E-state index in [1.165, 1.54) is 6.42 Å². The van der Waals surface area contributed by atoms with Crippen LogP contribution in [0.5, 0.6) is 0 Å². The van der Waals surface area contributed by atoms with E-state index >= 15 is 0 Å². The Morgan fingerprint density at radius 2 is 1.88 bits per heavy atom. The molecule has 1 atom stereocenters. The van der Waals surface area contributed by atoms with Crippen molar-refractivity contribution in [2.75, 3.05) is 31.1 Å². The van der Waals surface area contributed by atoms with Gasteiger partial charge in [-0.2, -0.15) is 0 Å². The van der Waals surface area contributed by atoms with Crippen LogP contribution in [-0.2, 0) is 9.31 Å². The van der Waals surface area contributed by atoms with Crippen molar-refractivity contribution in [1.29, 1.82) is 0 Å². The molecule has 3 heterocycles. The molecule has 0 saturated carbocycles. The van der Waals surface area contributed by atoms with Crippen molar-refractivity contribution in [3.63, 3.8) is 0 Å². The van der Waals surface area contributed by atoms with Gasteiger partial charge in [0.05, 0.1) is 11.2 Å². The molecule has 2 saturated heterocycles. The van der Waals surface area contributed by atoms with E-state index < -0.39 is 7.12 Å². The van der Waals surface area contributed by atoms with Gasteiger partial charge in [-0.05, 0) is 40.5 Å². The minimum absolute atomic E-state index is 0.356. The van der Waals surface area contributed by atoms with Gasteiger partial charge in [-0.15, -0.1) is 0 Å². The molecule has 3 N–H and O–H groups in total. The first-order chi connectivity index (χ1) is 11.8. The van der Waals surface area contributed by atoms with Crippen LogP contribution < -0.4 is 21.4 Å². The predicted molar refractivity (Wildman–Crippen MR) is 100 cm³/mol. The van der Waals surface area contributed by atoms with Gasteiger partial charge in [0.15, 0.2) is 0 Å². The fraction of sp³-hybridized carbons (Fsp3) is 0.765. The van der Waals surface area contributed by atoms with Crippen LogP contribution in [0.15, 0.2) is 12.4 Å². The molecule has 1 unspecified atom stereocenters. The number of aromatic nitrogens is 2. The monoisotopic (exact) mass is 347 g/mol. The summed E-state index contributed by atoms with van der Waals surface area (Å²) in [7, 11) is -0.417. The summed E-state index contributed by atoms with van der Waals surface area (Å²) in [5.41, 5.74) is 5.73. The number of nitrogens with one attached hydrogen (secondary N) is 1. The first-order valence-electron chi connectivity index (χ1n) is 9.18. The number of hydrogen-bond acceptors (Lipinski definition) is 7. The predicted octanol–water partition coefficient (Wildman–Crippen LogP) is 0.293. The molecule has 0 radical (unpaired) electrons. The van der Waals surface area contributed by atoms with Crippen LogP contribution in [0.25, 0.3) is 0 Å². The quantitative estimate of drug-likeness (QED) is 0.741. The Balaban J connectivity index is 1.65. The highest BCUT2D eigenvalue weighted by atomic mass is 16.7. The molecule has 2 fully saturated rings. The zero-order valence-corrected chi connectivity index (χ0v) is 15.8. The van der Waals surface area contributed by atoms with E-state index in [1.54, 1.807) is 0 Å². The molecule has 138 valence electrons. The summed E-state index contributed by atoms with van der Waals surface area (Å²) in [6.07, 6.45) is 5.94. The van der Waals surface area contributed by atoms with Gasteiger partial charge in [0.1, 0.15) is 0 Å². The minimum atomic E-state index is -0.417. The van der Waals surface area contributed by atoms with Gasteiger partial charge in [0.2, 0.25) is 5.95 Å². The Labute approximate surface area is 150 Å². The smallest absolute Gasteiger partial charge is 0.399 e. The second-order valence-electron chi connectivity index (χ2n) is 7.93. The third-order valence-electron chi connectivity index (χ3n) is 5.47. The molecule has 2 aliphatic rings. The maximum absolute atomic E-state index is 6.06. The number of piperidine rings is 1. The highest BCUT2D eigenvalue weighted by molar-refractivity contribution is 6.61. The molecule has 3 rings (SSSR count). The highest BCUT2D eigenvalue weighted by Gasteiger charge is 2.52. The third-order valence-corrected chi connectivity index (χ3v) is 5.47. The fourth-order valence-electron chi connectivity index (χ4n) is 3.21. The van der Waals surface area contributed by atoms with Crippen molar-refractivity contribution in [3.8, 4) is 0 Å². The van der Waals surface area contributed by atoms with Crippen LogP contribution in [0.2, 0.25) is 0 Å². The lowest BCUT2D eigenvalue weighted by Crippen LogP contribution is -2.47. The standard InChI is InChI=1S/C17H30BN5O2/c1-16(2)17(3,4)25-18(24-16)13-10-21-15(22-11-13)23-9-5-6-14(12-23)20-8-7-19/h10-11,14,20H,5-9,12,19H2,1-4H3. The average Bonchev–Trinajstić information content (AvgIpc) is 2.81. The van der Waals surface area contributed by atoms with E-state index in [1.807, 2.05) is 40.1 Å². The number of nitrogens with zero attached hydrogens (tertiary/aromatic N) is 3. The Bertz CT molecular complexity index is 565. The zero-order chi connectivity index (χ0) is 18.1. The van der Waals surface area contributed by atoms with Crippen LogP contribution in [-0.4, -0.2) is 60.5 Å². The van der Waals surface area contributed by atoms with Crippen LogP contribution >= 0.6 is 0 Å². The van der Waals surface area contributed by atoms with Gasteiger partial charge in [-0.3, -0.25) is 0 Å². The molecule has 1 aromatic rings. The Morgan fingerprint density at radius 3 is 2.48 bits per heavy atom. The molecular formula is C17H30BN5O2. The number of anilines is 1. The molecule has 0 amide bonds. The third kappa shape index (κ3) is 3.97.